The van der Waals surface area contributed by atoms with Crippen LogP contribution in [0.25, 0.3) is 11.0 Å². The number of carbonyl (C=O) groups is 1. The molecule has 0 spiro atoms. The molecular formula is C16H17N5O2S. The minimum atomic E-state index is 0.286. The molecular weight excluding hydrogens is 326 g/mol. The summed E-state index contributed by atoms with van der Waals surface area (Å²) in [6, 6.07) is 3.80. The van der Waals surface area contributed by atoms with Gasteiger partial charge in [-0.15, -0.1) is 0 Å². The van der Waals surface area contributed by atoms with E-state index in [9.17, 15) is 4.79 Å². The Kier molecular flexibility index (Phi) is 5.07. The molecule has 0 saturated carbocycles. The second kappa shape index (κ2) is 7.41. The second-order valence-electron chi connectivity index (χ2n) is 4.97. The third-order valence-corrected chi connectivity index (χ3v) is 4.29. The molecule has 0 amide bonds. The zero-order valence-electron chi connectivity index (χ0n) is 13.4. The first kappa shape index (κ1) is 16.4. The summed E-state index contributed by atoms with van der Waals surface area (Å²) >= 11 is 1.41. The molecule has 0 unspecified atom stereocenters. The summed E-state index contributed by atoms with van der Waals surface area (Å²) in [5.41, 5.74) is 2.07. The zero-order chi connectivity index (χ0) is 16.9. The Labute approximate surface area is 143 Å². The highest BCUT2D eigenvalue weighted by Crippen LogP contribution is 2.31. The molecule has 0 radical (unpaired) electrons. The summed E-state index contributed by atoms with van der Waals surface area (Å²) in [6.45, 7) is 2.27. The predicted molar refractivity (Wildman–Crippen MR) is 92.5 cm³/mol. The Hall–Kier alpha value is -2.45. The molecule has 124 valence electrons. The summed E-state index contributed by atoms with van der Waals surface area (Å²) in [7, 11) is 1.59. The molecule has 0 saturated heterocycles. The molecule has 0 aliphatic rings. The van der Waals surface area contributed by atoms with Crippen molar-refractivity contribution in [2.45, 2.75) is 23.4 Å². The molecule has 0 aromatic carbocycles. The van der Waals surface area contributed by atoms with E-state index in [0.29, 0.717) is 34.0 Å². The van der Waals surface area contributed by atoms with E-state index in [1.807, 2.05) is 19.1 Å². The number of anilines is 1. The summed E-state index contributed by atoms with van der Waals surface area (Å²) in [4.78, 5) is 28.9. The van der Waals surface area contributed by atoms with Gasteiger partial charge in [-0.3, -0.25) is 9.78 Å². The zero-order valence-corrected chi connectivity index (χ0v) is 14.2. The van der Waals surface area contributed by atoms with Gasteiger partial charge in [0.25, 0.3) is 0 Å². The van der Waals surface area contributed by atoms with Crippen LogP contribution in [0.15, 0.2) is 34.6 Å². The number of nitrogens with zero attached hydrogens (tertiary/aromatic N) is 3. The number of H-pyrrole nitrogens is 1. The Balaban J connectivity index is 2.10. The van der Waals surface area contributed by atoms with Crippen LogP contribution in [-0.4, -0.2) is 40.1 Å². The highest BCUT2D eigenvalue weighted by Gasteiger charge is 2.17. The van der Waals surface area contributed by atoms with Gasteiger partial charge in [0.1, 0.15) is 18.2 Å². The molecule has 3 heterocycles. The van der Waals surface area contributed by atoms with E-state index in [2.05, 4.69) is 25.3 Å². The largest absolute Gasteiger partial charge is 0.365 e. The summed E-state index contributed by atoms with van der Waals surface area (Å²) in [5, 5.41) is 4.35. The van der Waals surface area contributed by atoms with E-state index >= 15 is 0 Å². The van der Waals surface area contributed by atoms with E-state index in [1.165, 1.54) is 11.8 Å². The molecule has 3 aromatic rings. The molecule has 24 heavy (non-hydrogen) atoms. The number of carbonyl (C=O) groups excluding carboxylic acids is 1. The minimum Gasteiger partial charge on any atom is -0.365 e. The normalized spacial score (nSPS) is 10.9. The molecule has 0 fully saturated rings. The first-order valence-electron chi connectivity index (χ1n) is 7.45. The predicted octanol–water partition coefficient (Wildman–Crippen LogP) is 2.89. The van der Waals surface area contributed by atoms with Crippen molar-refractivity contribution >= 4 is 34.9 Å². The van der Waals surface area contributed by atoms with Gasteiger partial charge in [0.2, 0.25) is 0 Å². The van der Waals surface area contributed by atoms with E-state index in [-0.39, 0.29) is 6.73 Å². The number of aldehydes is 1. The molecule has 0 aliphatic heterocycles. The average molecular weight is 343 g/mol. The number of aromatic nitrogens is 4. The number of aryl methyl sites for hydroxylation is 1. The van der Waals surface area contributed by atoms with E-state index < -0.39 is 0 Å². The topological polar surface area (TPSA) is 92.8 Å². The fourth-order valence-corrected chi connectivity index (χ4v) is 3.13. The first-order valence-corrected chi connectivity index (χ1v) is 8.27. The molecule has 3 rings (SSSR count). The number of ether oxygens (including phenoxy) is 1. The van der Waals surface area contributed by atoms with Crippen LogP contribution in [0.2, 0.25) is 0 Å². The van der Waals surface area contributed by atoms with Gasteiger partial charge in [-0.2, -0.15) is 0 Å². The number of nitrogens with one attached hydrogen (secondary N) is 2. The Morgan fingerprint density at radius 2 is 2.29 bits per heavy atom. The SMILES string of the molecule is CCc1[nH]c2nc(Sc3cccnc3)nc(NCOC)c2c1C=O. The fourth-order valence-electron chi connectivity index (χ4n) is 2.38. The second-order valence-corrected chi connectivity index (χ2v) is 6.01. The average Bonchev–Trinajstić information content (AvgIpc) is 2.98. The van der Waals surface area contributed by atoms with Crippen LogP contribution in [-0.2, 0) is 11.2 Å². The van der Waals surface area contributed by atoms with E-state index in [4.69, 9.17) is 4.74 Å². The Bertz CT molecular complexity index is 851. The van der Waals surface area contributed by atoms with Gasteiger partial charge < -0.3 is 15.0 Å². The molecule has 0 aliphatic carbocycles. The maximum atomic E-state index is 11.5. The third kappa shape index (κ3) is 3.24. The molecule has 3 aromatic heterocycles. The monoisotopic (exact) mass is 343 g/mol. The number of fused-ring (bicyclic) bond motifs is 1. The van der Waals surface area contributed by atoms with Crippen LogP contribution in [0, 0.1) is 0 Å². The van der Waals surface area contributed by atoms with Gasteiger partial charge in [-0.05, 0) is 30.3 Å². The van der Waals surface area contributed by atoms with Gasteiger partial charge in [0.05, 0.1) is 5.39 Å². The lowest BCUT2D eigenvalue weighted by atomic mass is 10.1. The molecule has 2 N–H and O–H groups in total. The van der Waals surface area contributed by atoms with E-state index in [1.54, 1.807) is 19.5 Å². The number of methoxy groups -OCH3 is 1. The summed E-state index contributed by atoms with van der Waals surface area (Å²) in [5.74, 6) is 0.575. The van der Waals surface area contributed by atoms with Gasteiger partial charge in [-0.25, -0.2) is 9.97 Å². The van der Waals surface area contributed by atoms with Crippen LogP contribution >= 0.6 is 11.8 Å². The fraction of sp³-hybridized carbons (Fsp3) is 0.250. The van der Waals surface area contributed by atoms with Crippen molar-refractivity contribution in [1.82, 2.24) is 19.9 Å². The van der Waals surface area contributed by atoms with Crippen LogP contribution in [0.1, 0.15) is 23.0 Å². The quantitative estimate of drug-likeness (QED) is 0.387. The van der Waals surface area contributed by atoms with Crippen LogP contribution in [0.3, 0.4) is 0 Å². The highest BCUT2D eigenvalue weighted by atomic mass is 32.2. The Morgan fingerprint density at radius 1 is 1.42 bits per heavy atom. The Morgan fingerprint density at radius 3 is 2.96 bits per heavy atom. The molecule has 0 atom stereocenters. The maximum Gasteiger partial charge on any atom is 0.196 e. The van der Waals surface area contributed by atoms with Gasteiger partial charge in [0.15, 0.2) is 11.4 Å². The number of pyridine rings is 1. The van der Waals surface area contributed by atoms with Crippen molar-refractivity contribution in [3.63, 3.8) is 0 Å². The summed E-state index contributed by atoms with van der Waals surface area (Å²) < 4.78 is 5.07. The number of aromatic amines is 1. The van der Waals surface area contributed by atoms with Crippen molar-refractivity contribution < 1.29 is 9.53 Å². The van der Waals surface area contributed by atoms with Crippen molar-refractivity contribution in [2.75, 3.05) is 19.2 Å². The standard InChI is InChI=1S/C16H17N5O2S/c1-3-12-11(8-22)13-14(18-9-23-2)20-16(21-15(13)19-12)24-10-5-4-6-17-7-10/h4-8H,3,9H2,1-2H3,(H2,18,19,20,21). The minimum absolute atomic E-state index is 0.286. The number of hydrogen-bond donors (Lipinski definition) is 2. The van der Waals surface area contributed by atoms with Gasteiger partial charge in [0, 0.05) is 35.7 Å². The first-order chi connectivity index (χ1) is 11.8. The van der Waals surface area contributed by atoms with Gasteiger partial charge in [-0.1, -0.05) is 6.92 Å². The lowest BCUT2D eigenvalue weighted by molar-refractivity contribution is 0.112. The molecule has 0 bridgehead atoms. The highest BCUT2D eigenvalue weighted by molar-refractivity contribution is 7.99. The van der Waals surface area contributed by atoms with Gasteiger partial charge >= 0.3 is 0 Å². The van der Waals surface area contributed by atoms with Crippen LogP contribution in [0.5, 0.6) is 0 Å². The number of hydrogen-bond acceptors (Lipinski definition) is 7. The number of rotatable bonds is 7. The lowest BCUT2D eigenvalue weighted by Gasteiger charge is -2.08. The van der Waals surface area contributed by atoms with Crippen molar-refractivity contribution in [2.24, 2.45) is 0 Å². The molecule has 8 heteroatoms. The van der Waals surface area contributed by atoms with Crippen LogP contribution in [0.4, 0.5) is 5.82 Å². The third-order valence-electron chi connectivity index (χ3n) is 3.45. The summed E-state index contributed by atoms with van der Waals surface area (Å²) in [6.07, 6.45) is 5.02. The maximum absolute atomic E-state index is 11.5. The van der Waals surface area contributed by atoms with Crippen molar-refractivity contribution in [3.8, 4) is 0 Å². The lowest BCUT2D eigenvalue weighted by Crippen LogP contribution is -2.07. The smallest absolute Gasteiger partial charge is 0.196 e. The van der Waals surface area contributed by atoms with Crippen molar-refractivity contribution in [1.29, 1.82) is 0 Å². The van der Waals surface area contributed by atoms with Crippen molar-refractivity contribution in [3.05, 3.63) is 35.8 Å². The molecule has 7 nitrogen and oxygen atoms in total. The van der Waals surface area contributed by atoms with E-state index in [0.717, 1.165) is 16.9 Å². The van der Waals surface area contributed by atoms with Crippen LogP contribution < -0.4 is 5.32 Å².